The molecule has 0 unspecified atom stereocenters. The summed E-state index contributed by atoms with van der Waals surface area (Å²) < 4.78 is 0. The third-order valence-corrected chi connectivity index (χ3v) is 5.24. The van der Waals surface area contributed by atoms with Gasteiger partial charge in [0, 0.05) is 24.0 Å². The molecule has 5 heteroatoms. The van der Waals surface area contributed by atoms with E-state index in [0.717, 1.165) is 18.5 Å². The van der Waals surface area contributed by atoms with Crippen LogP contribution in [0.2, 0.25) is 10.0 Å². The monoisotopic (exact) mass is 337 g/mol. The Morgan fingerprint density at radius 1 is 1.24 bits per heavy atom. The molecule has 108 valence electrons. The molecular weight excluding hydrogens is 325 g/mol. The molecule has 0 saturated carbocycles. The highest BCUT2D eigenvalue weighted by molar-refractivity contribution is 7.10. The van der Waals surface area contributed by atoms with Crippen LogP contribution in [0.25, 0.3) is 6.08 Å². The second kappa shape index (κ2) is 6.22. The Hall–Kier alpha value is -1.29. The SMILES string of the molecule is O=C(C=Cc1ccc(Cl)c(Cl)c1)N1CCc2sccc2C1. The van der Waals surface area contributed by atoms with Crippen molar-refractivity contribution in [1.29, 1.82) is 0 Å². The summed E-state index contributed by atoms with van der Waals surface area (Å²) in [4.78, 5) is 15.5. The molecule has 0 radical (unpaired) electrons. The van der Waals surface area contributed by atoms with Crippen molar-refractivity contribution in [1.82, 2.24) is 4.90 Å². The van der Waals surface area contributed by atoms with Crippen LogP contribution < -0.4 is 0 Å². The summed E-state index contributed by atoms with van der Waals surface area (Å²) in [5.41, 5.74) is 2.13. The Balaban J connectivity index is 1.69. The van der Waals surface area contributed by atoms with E-state index in [-0.39, 0.29) is 5.91 Å². The fourth-order valence-corrected chi connectivity index (χ4v) is 3.52. The summed E-state index contributed by atoms with van der Waals surface area (Å²) >= 11 is 13.6. The summed E-state index contributed by atoms with van der Waals surface area (Å²) in [6.07, 6.45) is 4.31. The molecule has 0 fully saturated rings. The average molecular weight is 338 g/mol. The molecule has 0 saturated heterocycles. The number of amides is 1. The van der Waals surface area contributed by atoms with Gasteiger partial charge >= 0.3 is 0 Å². The standard InChI is InChI=1S/C16H13Cl2NOS/c17-13-3-1-11(9-14(13)18)2-4-16(20)19-7-5-15-12(10-19)6-8-21-15/h1-4,6,8-9H,5,7,10H2. The van der Waals surface area contributed by atoms with E-state index in [4.69, 9.17) is 23.2 Å². The van der Waals surface area contributed by atoms with Crippen LogP contribution in [-0.2, 0) is 17.8 Å². The van der Waals surface area contributed by atoms with Gasteiger partial charge < -0.3 is 4.90 Å². The van der Waals surface area contributed by atoms with Gasteiger partial charge in [-0.05, 0) is 47.2 Å². The van der Waals surface area contributed by atoms with Crippen molar-refractivity contribution in [2.75, 3.05) is 6.54 Å². The maximum Gasteiger partial charge on any atom is 0.246 e. The summed E-state index contributed by atoms with van der Waals surface area (Å²) in [7, 11) is 0. The van der Waals surface area contributed by atoms with Gasteiger partial charge in [-0.2, -0.15) is 0 Å². The molecule has 1 aliphatic heterocycles. The normalized spacial score (nSPS) is 14.5. The minimum atomic E-state index is 0.0259. The number of nitrogens with zero attached hydrogens (tertiary/aromatic N) is 1. The highest BCUT2D eigenvalue weighted by Crippen LogP contribution is 2.25. The molecule has 0 aliphatic carbocycles. The highest BCUT2D eigenvalue weighted by atomic mass is 35.5. The van der Waals surface area contributed by atoms with E-state index >= 15 is 0 Å². The molecule has 2 heterocycles. The maximum absolute atomic E-state index is 12.2. The van der Waals surface area contributed by atoms with E-state index in [1.165, 1.54) is 10.4 Å². The Kier molecular flexibility index (Phi) is 4.34. The van der Waals surface area contributed by atoms with Gasteiger partial charge in [-0.3, -0.25) is 4.79 Å². The van der Waals surface area contributed by atoms with Crippen LogP contribution >= 0.6 is 34.5 Å². The molecular formula is C16H13Cl2NOS. The number of carbonyl (C=O) groups is 1. The summed E-state index contributed by atoms with van der Waals surface area (Å²) in [5, 5.41) is 3.10. The van der Waals surface area contributed by atoms with Gasteiger partial charge in [0.05, 0.1) is 10.0 Å². The lowest BCUT2D eigenvalue weighted by atomic mass is 10.1. The smallest absolute Gasteiger partial charge is 0.246 e. The molecule has 1 aromatic carbocycles. The van der Waals surface area contributed by atoms with Gasteiger partial charge in [0.25, 0.3) is 0 Å². The number of hydrogen-bond acceptors (Lipinski definition) is 2. The van der Waals surface area contributed by atoms with Crippen LogP contribution in [0.1, 0.15) is 16.0 Å². The Bertz CT molecular complexity index is 708. The van der Waals surface area contributed by atoms with E-state index in [0.29, 0.717) is 16.6 Å². The first-order valence-electron chi connectivity index (χ1n) is 6.61. The Morgan fingerprint density at radius 3 is 2.90 bits per heavy atom. The van der Waals surface area contributed by atoms with Gasteiger partial charge in [0.2, 0.25) is 5.91 Å². The van der Waals surface area contributed by atoms with Crippen molar-refractivity contribution < 1.29 is 4.79 Å². The quantitative estimate of drug-likeness (QED) is 0.730. The third kappa shape index (κ3) is 3.31. The number of benzene rings is 1. The lowest BCUT2D eigenvalue weighted by Crippen LogP contribution is -2.34. The van der Waals surface area contributed by atoms with Crippen molar-refractivity contribution in [3.05, 3.63) is 61.8 Å². The van der Waals surface area contributed by atoms with Crippen molar-refractivity contribution in [2.24, 2.45) is 0 Å². The third-order valence-electron chi connectivity index (χ3n) is 3.48. The molecule has 1 aliphatic rings. The van der Waals surface area contributed by atoms with Gasteiger partial charge in [-0.25, -0.2) is 0 Å². The first-order valence-corrected chi connectivity index (χ1v) is 8.24. The molecule has 21 heavy (non-hydrogen) atoms. The molecule has 1 amide bonds. The first-order chi connectivity index (χ1) is 10.1. The maximum atomic E-state index is 12.2. The first kappa shape index (κ1) is 14.6. The lowest BCUT2D eigenvalue weighted by Gasteiger charge is -2.25. The summed E-state index contributed by atoms with van der Waals surface area (Å²) in [5.74, 6) is 0.0259. The zero-order valence-electron chi connectivity index (χ0n) is 11.2. The lowest BCUT2D eigenvalue weighted by molar-refractivity contribution is -0.126. The number of thiophene rings is 1. The minimum absolute atomic E-state index is 0.0259. The van der Waals surface area contributed by atoms with Crippen molar-refractivity contribution in [3.63, 3.8) is 0 Å². The number of halogens is 2. The topological polar surface area (TPSA) is 20.3 Å². The van der Waals surface area contributed by atoms with Crippen LogP contribution in [0.5, 0.6) is 0 Å². The largest absolute Gasteiger partial charge is 0.334 e. The van der Waals surface area contributed by atoms with E-state index in [1.54, 1.807) is 35.6 Å². The van der Waals surface area contributed by atoms with Crippen LogP contribution in [0, 0.1) is 0 Å². The van der Waals surface area contributed by atoms with Crippen molar-refractivity contribution >= 4 is 46.5 Å². The Morgan fingerprint density at radius 2 is 2.10 bits per heavy atom. The molecule has 1 aromatic heterocycles. The van der Waals surface area contributed by atoms with Gasteiger partial charge in [-0.1, -0.05) is 29.3 Å². The van der Waals surface area contributed by atoms with Crippen molar-refractivity contribution in [3.8, 4) is 0 Å². The molecule has 0 N–H and O–H groups in total. The van der Waals surface area contributed by atoms with Gasteiger partial charge in [-0.15, -0.1) is 11.3 Å². The molecule has 2 nitrogen and oxygen atoms in total. The molecule has 2 aromatic rings. The number of rotatable bonds is 2. The van der Waals surface area contributed by atoms with Crippen LogP contribution in [0.4, 0.5) is 0 Å². The fraction of sp³-hybridized carbons (Fsp3) is 0.188. The second-order valence-corrected chi connectivity index (χ2v) is 6.70. The zero-order chi connectivity index (χ0) is 14.8. The van der Waals surface area contributed by atoms with E-state index in [1.807, 2.05) is 11.0 Å². The van der Waals surface area contributed by atoms with Crippen LogP contribution in [-0.4, -0.2) is 17.4 Å². The van der Waals surface area contributed by atoms with Gasteiger partial charge in [0.1, 0.15) is 0 Å². The molecule has 0 spiro atoms. The summed E-state index contributed by atoms with van der Waals surface area (Å²) in [6, 6.07) is 7.42. The van der Waals surface area contributed by atoms with Crippen LogP contribution in [0.15, 0.2) is 35.7 Å². The van der Waals surface area contributed by atoms with E-state index in [2.05, 4.69) is 11.4 Å². The number of carbonyl (C=O) groups excluding carboxylic acids is 1. The molecule has 0 atom stereocenters. The van der Waals surface area contributed by atoms with E-state index in [9.17, 15) is 4.79 Å². The van der Waals surface area contributed by atoms with Gasteiger partial charge in [0.15, 0.2) is 0 Å². The van der Waals surface area contributed by atoms with E-state index < -0.39 is 0 Å². The highest BCUT2D eigenvalue weighted by Gasteiger charge is 2.19. The fourth-order valence-electron chi connectivity index (χ4n) is 2.33. The average Bonchev–Trinajstić information content (AvgIpc) is 2.95. The number of hydrogen-bond donors (Lipinski definition) is 0. The number of fused-ring (bicyclic) bond motifs is 1. The van der Waals surface area contributed by atoms with Crippen molar-refractivity contribution in [2.45, 2.75) is 13.0 Å². The molecule has 0 bridgehead atoms. The minimum Gasteiger partial charge on any atom is -0.334 e. The summed E-state index contributed by atoms with van der Waals surface area (Å²) in [6.45, 7) is 1.47. The predicted molar refractivity (Wildman–Crippen MR) is 88.9 cm³/mol. The predicted octanol–water partition coefficient (Wildman–Crippen LogP) is 4.65. The van der Waals surface area contributed by atoms with Crippen LogP contribution in [0.3, 0.4) is 0 Å². The Labute approximate surface area is 137 Å². The zero-order valence-corrected chi connectivity index (χ0v) is 13.5. The second-order valence-electron chi connectivity index (χ2n) is 4.89. The molecule has 3 rings (SSSR count).